The summed E-state index contributed by atoms with van der Waals surface area (Å²) in [7, 11) is 0. The highest BCUT2D eigenvalue weighted by Gasteiger charge is 2.13. The Bertz CT molecular complexity index is 768. The van der Waals surface area contributed by atoms with Crippen molar-refractivity contribution in [3.05, 3.63) is 60.0 Å². The van der Waals surface area contributed by atoms with Crippen molar-refractivity contribution in [3.8, 4) is 28.7 Å². The number of rotatable bonds is 2. The lowest BCUT2D eigenvalue weighted by Crippen LogP contribution is -1.97. The molecular weight excluding hydrogens is 248 g/mol. The van der Waals surface area contributed by atoms with Gasteiger partial charge in [0.05, 0.1) is 22.6 Å². The molecular formula is C16H12N4. The molecule has 3 aromatic rings. The van der Waals surface area contributed by atoms with Crippen LogP contribution in [0, 0.1) is 18.3 Å². The molecule has 0 bridgehead atoms. The summed E-state index contributed by atoms with van der Waals surface area (Å²) in [5, 5.41) is 9.34. The highest BCUT2D eigenvalue weighted by atomic mass is 14.8. The van der Waals surface area contributed by atoms with Gasteiger partial charge in [-0.1, -0.05) is 6.07 Å². The molecule has 0 aliphatic carbocycles. The Hall–Kier alpha value is -2.93. The zero-order valence-corrected chi connectivity index (χ0v) is 11.0. The van der Waals surface area contributed by atoms with Crippen molar-refractivity contribution in [3.63, 3.8) is 0 Å². The van der Waals surface area contributed by atoms with Crippen molar-refractivity contribution in [2.75, 3.05) is 0 Å². The Morgan fingerprint density at radius 3 is 2.70 bits per heavy atom. The summed E-state index contributed by atoms with van der Waals surface area (Å²) in [6, 6.07) is 13.7. The first-order chi connectivity index (χ1) is 9.79. The molecule has 4 heteroatoms. The second-order valence-electron chi connectivity index (χ2n) is 4.43. The van der Waals surface area contributed by atoms with Crippen LogP contribution in [0.2, 0.25) is 0 Å². The number of H-pyrrole nitrogens is 1. The van der Waals surface area contributed by atoms with Crippen LogP contribution in [-0.4, -0.2) is 15.0 Å². The van der Waals surface area contributed by atoms with E-state index in [1.807, 2.05) is 49.5 Å². The molecule has 0 saturated carbocycles. The summed E-state index contributed by atoms with van der Waals surface area (Å²) in [5.41, 5.74) is 4.63. The number of pyridine rings is 2. The van der Waals surface area contributed by atoms with Crippen LogP contribution in [0.3, 0.4) is 0 Å². The minimum absolute atomic E-state index is 0.590. The maximum absolute atomic E-state index is 9.34. The lowest BCUT2D eigenvalue weighted by Gasteiger charge is -2.08. The van der Waals surface area contributed by atoms with Gasteiger partial charge in [0.25, 0.3) is 0 Å². The lowest BCUT2D eigenvalue weighted by molar-refractivity contribution is 1.16. The second-order valence-corrected chi connectivity index (χ2v) is 4.43. The van der Waals surface area contributed by atoms with Gasteiger partial charge >= 0.3 is 0 Å². The van der Waals surface area contributed by atoms with Crippen LogP contribution in [0.1, 0.15) is 11.3 Å². The summed E-state index contributed by atoms with van der Waals surface area (Å²) in [5.74, 6) is 0. The third kappa shape index (κ3) is 2.06. The van der Waals surface area contributed by atoms with E-state index in [9.17, 15) is 5.26 Å². The van der Waals surface area contributed by atoms with Gasteiger partial charge in [0.2, 0.25) is 0 Å². The molecule has 96 valence electrons. The quantitative estimate of drug-likeness (QED) is 0.768. The average molecular weight is 260 g/mol. The van der Waals surface area contributed by atoms with Gasteiger partial charge in [0.1, 0.15) is 6.07 Å². The Labute approximate surface area is 116 Å². The van der Waals surface area contributed by atoms with Crippen LogP contribution >= 0.6 is 0 Å². The summed E-state index contributed by atoms with van der Waals surface area (Å²) < 4.78 is 0. The molecule has 0 aliphatic rings. The standard InChI is InChI=1S/C16H12N4/c1-11-13(10-17)12(14-6-4-8-18-14)9-16(20-11)15-5-2-3-7-19-15/h2-9,18H,1H3. The van der Waals surface area contributed by atoms with Crippen molar-refractivity contribution in [1.29, 1.82) is 5.26 Å². The normalized spacial score (nSPS) is 10.2. The fourth-order valence-corrected chi connectivity index (χ4v) is 2.17. The molecule has 0 spiro atoms. The number of nitrogens with one attached hydrogen (secondary N) is 1. The van der Waals surface area contributed by atoms with E-state index in [1.54, 1.807) is 6.20 Å². The van der Waals surface area contributed by atoms with Crippen LogP contribution in [0.15, 0.2) is 48.8 Å². The highest BCUT2D eigenvalue weighted by molar-refractivity contribution is 5.73. The van der Waals surface area contributed by atoms with E-state index in [1.165, 1.54) is 0 Å². The third-order valence-electron chi connectivity index (χ3n) is 3.13. The van der Waals surface area contributed by atoms with Gasteiger partial charge in [-0.25, -0.2) is 0 Å². The summed E-state index contributed by atoms with van der Waals surface area (Å²) in [6.07, 6.45) is 3.57. The third-order valence-corrected chi connectivity index (χ3v) is 3.13. The van der Waals surface area contributed by atoms with Crippen molar-refractivity contribution in [2.45, 2.75) is 6.92 Å². The van der Waals surface area contributed by atoms with Gasteiger partial charge in [-0.3, -0.25) is 9.97 Å². The van der Waals surface area contributed by atoms with E-state index in [-0.39, 0.29) is 0 Å². The first-order valence-electron chi connectivity index (χ1n) is 6.26. The van der Waals surface area contributed by atoms with Gasteiger partial charge in [-0.15, -0.1) is 0 Å². The van der Waals surface area contributed by atoms with E-state index in [4.69, 9.17) is 0 Å². The van der Waals surface area contributed by atoms with Crippen LogP contribution in [0.5, 0.6) is 0 Å². The molecule has 4 nitrogen and oxygen atoms in total. The molecule has 0 amide bonds. The van der Waals surface area contributed by atoms with Gasteiger partial charge in [0.15, 0.2) is 0 Å². The van der Waals surface area contributed by atoms with E-state index < -0.39 is 0 Å². The van der Waals surface area contributed by atoms with Crippen LogP contribution in [0.4, 0.5) is 0 Å². The first kappa shape index (κ1) is 12.1. The maximum Gasteiger partial charge on any atom is 0.102 e. The molecule has 0 atom stereocenters. The Morgan fingerprint density at radius 2 is 2.05 bits per heavy atom. The molecule has 0 fully saturated rings. The Morgan fingerprint density at radius 1 is 1.15 bits per heavy atom. The predicted octanol–water partition coefficient (Wildman–Crippen LogP) is 3.32. The van der Waals surface area contributed by atoms with Crippen LogP contribution in [0.25, 0.3) is 22.6 Å². The van der Waals surface area contributed by atoms with Crippen molar-refractivity contribution >= 4 is 0 Å². The minimum atomic E-state index is 0.590. The topological polar surface area (TPSA) is 65.4 Å². The molecule has 3 aromatic heterocycles. The molecule has 0 unspecified atom stereocenters. The van der Waals surface area contributed by atoms with Gasteiger partial charge in [-0.2, -0.15) is 5.26 Å². The van der Waals surface area contributed by atoms with E-state index >= 15 is 0 Å². The van der Waals surface area contributed by atoms with Gasteiger partial charge < -0.3 is 4.98 Å². The zero-order chi connectivity index (χ0) is 13.9. The van der Waals surface area contributed by atoms with Gasteiger partial charge in [0, 0.05) is 23.7 Å². The molecule has 1 N–H and O–H groups in total. The van der Waals surface area contributed by atoms with E-state index in [2.05, 4.69) is 21.0 Å². The molecule has 0 aliphatic heterocycles. The van der Waals surface area contributed by atoms with Crippen molar-refractivity contribution in [1.82, 2.24) is 15.0 Å². The number of aromatic nitrogens is 3. The lowest BCUT2D eigenvalue weighted by atomic mass is 10.0. The average Bonchev–Trinajstić information content (AvgIpc) is 3.01. The fourth-order valence-electron chi connectivity index (χ4n) is 2.17. The van der Waals surface area contributed by atoms with E-state index in [0.29, 0.717) is 11.3 Å². The Balaban J connectivity index is 2.24. The first-order valence-corrected chi connectivity index (χ1v) is 6.26. The predicted molar refractivity (Wildman–Crippen MR) is 76.7 cm³/mol. The van der Waals surface area contributed by atoms with Crippen molar-refractivity contribution < 1.29 is 0 Å². The molecule has 3 heterocycles. The monoisotopic (exact) mass is 260 g/mol. The maximum atomic E-state index is 9.34. The molecule has 0 saturated heterocycles. The summed E-state index contributed by atoms with van der Waals surface area (Å²) >= 11 is 0. The van der Waals surface area contributed by atoms with Gasteiger partial charge in [-0.05, 0) is 37.3 Å². The number of aryl methyl sites for hydroxylation is 1. The number of hydrogen-bond acceptors (Lipinski definition) is 3. The Kier molecular flexibility index (Phi) is 3.02. The second kappa shape index (κ2) is 4.98. The highest BCUT2D eigenvalue weighted by Crippen LogP contribution is 2.27. The SMILES string of the molecule is Cc1nc(-c2ccccn2)cc(-c2ccc[nH]2)c1C#N. The molecule has 20 heavy (non-hydrogen) atoms. The summed E-state index contributed by atoms with van der Waals surface area (Å²) in [4.78, 5) is 11.9. The number of nitrogens with zero attached hydrogens (tertiary/aromatic N) is 3. The minimum Gasteiger partial charge on any atom is -0.361 e. The smallest absolute Gasteiger partial charge is 0.102 e. The fraction of sp³-hybridized carbons (Fsp3) is 0.0625. The molecule has 3 rings (SSSR count). The zero-order valence-electron chi connectivity index (χ0n) is 11.0. The largest absolute Gasteiger partial charge is 0.361 e. The molecule has 0 radical (unpaired) electrons. The van der Waals surface area contributed by atoms with E-state index in [0.717, 1.165) is 22.6 Å². The number of aromatic amines is 1. The van der Waals surface area contributed by atoms with Crippen LogP contribution < -0.4 is 0 Å². The van der Waals surface area contributed by atoms with Crippen LogP contribution in [-0.2, 0) is 0 Å². The molecule has 0 aromatic carbocycles. The summed E-state index contributed by atoms with van der Waals surface area (Å²) in [6.45, 7) is 1.84. The number of nitriles is 1. The number of hydrogen-bond donors (Lipinski definition) is 1. The van der Waals surface area contributed by atoms with Crippen molar-refractivity contribution in [2.24, 2.45) is 0 Å².